The Morgan fingerprint density at radius 3 is 2.96 bits per heavy atom. The molecule has 0 bridgehead atoms. The summed E-state index contributed by atoms with van der Waals surface area (Å²) >= 11 is 0. The fourth-order valence-corrected chi connectivity index (χ4v) is 3.39. The van der Waals surface area contributed by atoms with Crippen LogP contribution in [0.25, 0.3) is 0 Å². The van der Waals surface area contributed by atoms with Gasteiger partial charge < -0.3 is 14.1 Å². The number of piperidine rings is 1. The lowest BCUT2D eigenvalue weighted by molar-refractivity contribution is 0.132. The number of nitrogens with zero attached hydrogens (tertiary/aromatic N) is 2. The first-order valence-electron chi connectivity index (χ1n) is 8.36. The van der Waals surface area contributed by atoms with Crippen LogP contribution in [0.2, 0.25) is 0 Å². The molecule has 1 unspecified atom stereocenters. The van der Waals surface area contributed by atoms with Crippen molar-refractivity contribution in [3.63, 3.8) is 0 Å². The SMILES string of the molecule is CCC1CCCCN1Cc1cc(=O)c(O)cn1Cc1ccco1. The van der Waals surface area contributed by atoms with Gasteiger partial charge in [0.05, 0.1) is 19.0 Å². The highest BCUT2D eigenvalue weighted by molar-refractivity contribution is 5.21. The van der Waals surface area contributed by atoms with Crippen molar-refractivity contribution in [2.75, 3.05) is 6.54 Å². The van der Waals surface area contributed by atoms with E-state index in [0.29, 0.717) is 12.6 Å². The van der Waals surface area contributed by atoms with Gasteiger partial charge in [-0.1, -0.05) is 13.3 Å². The highest BCUT2D eigenvalue weighted by atomic mass is 16.3. The van der Waals surface area contributed by atoms with E-state index < -0.39 is 0 Å². The Hall–Kier alpha value is -2.01. The zero-order valence-electron chi connectivity index (χ0n) is 13.6. The molecule has 1 saturated heterocycles. The van der Waals surface area contributed by atoms with Crippen LogP contribution in [0.3, 0.4) is 0 Å². The van der Waals surface area contributed by atoms with Crippen LogP contribution in [0.5, 0.6) is 5.75 Å². The second-order valence-electron chi connectivity index (χ2n) is 6.25. The smallest absolute Gasteiger partial charge is 0.223 e. The van der Waals surface area contributed by atoms with Crippen molar-refractivity contribution in [2.24, 2.45) is 0 Å². The van der Waals surface area contributed by atoms with Crippen molar-refractivity contribution >= 4 is 0 Å². The molecule has 1 aliphatic heterocycles. The Balaban J connectivity index is 1.87. The fraction of sp³-hybridized carbons (Fsp3) is 0.500. The van der Waals surface area contributed by atoms with Gasteiger partial charge in [-0.25, -0.2) is 0 Å². The third kappa shape index (κ3) is 3.67. The van der Waals surface area contributed by atoms with Crippen LogP contribution < -0.4 is 5.43 Å². The predicted octanol–water partition coefficient (Wildman–Crippen LogP) is 2.96. The van der Waals surface area contributed by atoms with Crippen LogP contribution in [0.1, 0.15) is 44.1 Å². The second kappa shape index (κ2) is 7.04. The van der Waals surface area contributed by atoms with Gasteiger partial charge in [0.15, 0.2) is 5.75 Å². The molecule has 1 N–H and O–H groups in total. The molecule has 0 radical (unpaired) electrons. The minimum absolute atomic E-state index is 0.217. The van der Waals surface area contributed by atoms with Gasteiger partial charge in [-0.2, -0.15) is 0 Å². The summed E-state index contributed by atoms with van der Waals surface area (Å²) in [5.74, 6) is 0.589. The Kier molecular flexibility index (Phi) is 4.86. The molecule has 3 rings (SSSR count). The topological polar surface area (TPSA) is 58.6 Å². The van der Waals surface area contributed by atoms with Crippen LogP contribution in [0.4, 0.5) is 0 Å². The third-order valence-electron chi connectivity index (χ3n) is 4.69. The lowest BCUT2D eigenvalue weighted by atomic mass is 10.00. The number of pyridine rings is 1. The van der Waals surface area contributed by atoms with Crippen LogP contribution in [0, 0.1) is 0 Å². The van der Waals surface area contributed by atoms with Gasteiger partial charge in [0.1, 0.15) is 5.76 Å². The molecule has 3 heterocycles. The molecule has 23 heavy (non-hydrogen) atoms. The van der Waals surface area contributed by atoms with E-state index in [1.54, 1.807) is 12.3 Å². The molecule has 0 aromatic carbocycles. The molecule has 124 valence electrons. The third-order valence-corrected chi connectivity index (χ3v) is 4.69. The lowest BCUT2D eigenvalue weighted by Gasteiger charge is -2.35. The minimum atomic E-state index is -0.319. The van der Waals surface area contributed by atoms with Crippen LogP contribution in [-0.2, 0) is 13.1 Å². The standard InChI is InChI=1S/C18H24N2O3/c1-2-14-6-3-4-8-19(14)11-15-10-17(21)18(22)13-20(15)12-16-7-5-9-23-16/h5,7,9-10,13-14,22H,2-4,6,8,11-12H2,1H3. The van der Waals surface area contributed by atoms with Crippen molar-refractivity contribution in [3.05, 3.63) is 52.3 Å². The van der Waals surface area contributed by atoms with Crippen molar-refractivity contribution < 1.29 is 9.52 Å². The van der Waals surface area contributed by atoms with Gasteiger partial charge in [-0.15, -0.1) is 0 Å². The zero-order valence-corrected chi connectivity index (χ0v) is 13.6. The average molecular weight is 316 g/mol. The Bertz CT molecular complexity index is 691. The maximum atomic E-state index is 11.9. The van der Waals surface area contributed by atoms with Crippen LogP contribution in [-0.4, -0.2) is 27.2 Å². The van der Waals surface area contributed by atoms with E-state index in [2.05, 4.69) is 11.8 Å². The lowest BCUT2D eigenvalue weighted by Crippen LogP contribution is -2.39. The summed E-state index contributed by atoms with van der Waals surface area (Å²) in [7, 11) is 0. The molecular formula is C18H24N2O3. The summed E-state index contributed by atoms with van der Waals surface area (Å²) < 4.78 is 7.31. The van der Waals surface area contributed by atoms with Gasteiger partial charge in [0.25, 0.3) is 0 Å². The summed E-state index contributed by atoms with van der Waals surface area (Å²) in [5, 5.41) is 9.78. The quantitative estimate of drug-likeness (QED) is 0.921. The van der Waals surface area contributed by atoms with Crippen molar-refractivity contribution in [3.8, 4) is 5.75 Å². The Morgan fingerprint density at radius 2 is 2.22 bits per heavy atom. The number of hydrogen-bond acceptors (Lipinski definition) is 4. The van der Waals surface area contributed by atoms with E-state index in [4.69, 9.17) is 4.42 Å². The average Bonchev–Trinajstić information content (AvgIpc) is 3.06. The van der Waals surface area contributed by atoms with Crippen LogP contribution in [0.15, 0.2) is 39.9 Å². The summed E-state index contributed by atoms with van der Waals surface area (Å²) in [6.45, 7) is 4.53. The molecule has 1 atom stereocenters. The molecule has 1 aliphatic rings. The number of aromatic nitrogens is 1. The first-order chi connectivity index (χ1) is 11.2. The van der Waals surface area contributed by atoms with Gasteiger partial charge >= 0.3 is 0 Å². The van der Waals surface area contributed by atoms with E-state index >= 15 is 0 Å². The zero-order chi connectivity index (χ0) is 16.2. The maximum Gasteiger partial charge on any atom is 0.223 e. The normalized spacial score (nSPS) is 19.1. The maximum absolute atomic E-state index is 11.9. The molecule has 0 amide bonds. The summed E-state index contributed by atoms with van der Waals surface area (Å²) in [6.07, 6.45) is 7.98. The van der Waals surface area contributed by atoms with Crippen molar-refractivity contribution in [1.82, 2.24) is 9.47 Å². The van der Waals surface area contributed by atoms with E-state index in [9.17, 15) is 9.90 Å². The van der Waals surface area contributed by atoms with Crippen LogP contribution >= 0.6 is 0 Å². The van der Waals surface area contributed by atoms with E-state index in [-0.39, 0.29) is 11.2 Å². The first kappa shape index (κ1) is 15.9. The summed E-state index contributed by atoms with van der Waals surface area (Å²) in [6, 6.07) is 5.87. The molecule has 0 saturated carbocycles. The monoisotopic (exact) mass is 316 g/mol. The number of furan rings is 1. The number of rotatable bonds is 5. The highest BCUT2D eigenvalue weighted by Gasteiger charge is 2.22. The number of aromatic hydroxyl groups is 1. The van der Waals surface area contributed by atoms with Gasteiger partial charge in [0, 0.05) is 24.3 Å². The van der Waals surface area contributed by atoms with Gasteiger partial charge in [-0.3, -0.25) is 9.69 Å². The molecule has 2 aromatic heterocycles. The van der Waals surface area contributed by atoms with E-state index in [1.165, 1.54) is 25.5 Å². The predicted molar refractivity (Wildman–Crippen MR) is 88.5 cm³/mol. The molecule has 0 aliphatic carbocycles. The van der Waals surface area contributed by atoms with E-state index in [1.807, 2.05) is 16.7 Å². The fourth-order valence-electron chi connectivity index (χ4n) is 3.39. The molecule has 5 nitrogen and oxygen atoms in total. The van der Waals surface area contributed by atoms with Crippen molar-refractivity contribution in [1.29, 1.82) is 0 Å². The summed E-state index contributed by atoms with van der Waals surface area (Å²) in [5.41, 5.74) is 0.602. The molecule has 5 heteroatoms. The first-order valence-corrected chi connectivity index (χ1v) is 8.36. The van der Waals surface area contributed by atoms with Gasteiger partial charge in [0.2, 0.25) is 5.43 Å². The molecular weight excluding hydrogens is 292 g/mol. The number of likely N-dealkylation sites (tertiary alicyclic amines) is 1. The van der Waals surface area contributed by atoms with Crippen molar-refractivity contribution in [2.45, 2.75) is 51.7 Å². The molecule has 2 aromatic rings. The Labute approximate surface area is 136 Å². The van der Waals surface area contributed by atoms with Gasteiger partial charge in [-0.05, 0) is 37.9 Å². The minimum Gasteiger partial charge on any atom is -0.503 e. The highest BCUT2D eigenvalue weighted by Crippen LogP contribution is 2.22. The number of hydrogen-bond donors (Lipinski definition) is 1. The largest absolute Gasteiger partial charge is 0.503 e. The van der Waals surface area contributed by atoms with E-state index in [0.717, 1.165) is 31.0 Å². The summed E-state index contributed by atoms with van der Waals surface area (Å²) in [4.78, 5) is 14.3. The second-order valence-corrected chi connectivity index (χ2v) is 6.25. The molecule has 0 spiro atoms. The Morgan fingerprint density at radius 1 is 1.35 bits per heavy atom. The molecule has 1 fully saturated rings.